The van der Waals surface area contributed by atoms with E-state index < -0.39 is 0 Å². The van der Waals surface area contributed by atoms with Crippen LogP contribution in [0.2, 0.25) is 0 Å². The fourth-order valence-corrected chi connectivity index (χ4v) is 4.56. The lowest BCUT2D eigenvalue weighted by Crippen LogP contribution is -2.45. The molecule has 29 heavy (non-hydrogen) atoms. The summed E-state index contributed by atoms with van der Waals surface area (Å²) in [6.07, 6.45) is 2.18. The van der Waals surface area contributed by atoms with E-state index in [0.29, 0.717) is 19.0 Å². The average Bonchev–Trinajstić information content (AvgIpc) is 3.08. The molecule has 2 heterocycles. The van der Waals surface area contributed by atoms with E-state index >= 15 is 0 Å². The van der Waals surface area contributed by atoms with Gasteiger partial charge >= 0.3 is 0 Å². The Kier molecular flexibility index (Phi) is 7.06. The molecule has 156 valence electrons. The highest BCUT2D eigenvalue weighted by Gasteiger charge is 2.30. The zero-order valence-corrected chi connectivity index (χ0v) is 18.6. The monoisotopic (exact) mass is 413 g/mol. The number of thiazole rings is 1. The number of nitrogens with one attached hydrogen (secondary N) is 1. The van der Waals surface area contributed by atoms with E-state index in [2.05, 4.69) is 36.3 Å². The molecular weight excluding hydrogens is 382 g/mol. The summed E-state index contributed by atoms with van der Waals surface area (Å²) in [5.74, 6) is 0.586. The summed E-state index contributed by atoms with van der Waals surface area (Å²) in [7, 11) is 0. The third-order valence-electron chi connectivity index (χ3n) is 5.76. The second-order valence-corrected chi connectivity index (χ2v) is 9.38. The molecule has 1 aliphatic rings. The molecule has 5 nitrogen and oxygen atoms in total. The van der Waals surface area contributed by atoms with Crippen LogP contribution in [0.3, 0.4) is 0 Å². The fraction of sp³-hybridized carbons (Fsp3) is 0.522. The number of hydrogen-bond acceptors (Lipinski definition) is 4. The lowest BCUT2D eigenvalue weighted by molar-refractivity contribution is -0.127. The van der Waals surface area contributed by atoms with Gasteiger partial charge in [0.1, 0.15) is 4.88 Å². The highest BCUT2D eigenvalue weighted by atomic mass is 32.1. The van der Waals surface area contributed by atoms with Crippen LogP contribution in [0.25, 0.3) is 0 Å². The normalized spacial score (nSPS) is 16.1. The molecule has 0 radical (unpaired) electrons. The van der Waals surface area contributed by atoms with Crippen LogP contribution in [0.4, 0.5) is 0 Å². The summed E-state index contributed by atoms with van der Waals surface area (Å²) in [5.41, 5.74) is 2.00. The summed E-state index contributed by atoms with van der Waals surface area (Å²) in [6.45, 7) is 9.41. The standard InChI is InChI=1S/C23H31N3O2S/c1-15(2)16(3)25-22(27)19-10-12-26(13-11-19)23(28)21-17(4)24-20(29-21)14-18-8-6-5-7-9-18/h5-9,15-16,19H,10-14H2,1-4H3,(H,25,27)/t16-/m0/s1. The lowest BCUT2D eigenvalue weighted by atomic mass is 9.94. The van der Waals surface area contributed by atoms with Crippen molar-refractivity contribution in [2.24, 2.45) is 11.8 Å². The van der Waals surface area contributed by atoms with Crippen LogP contribution >= 0.6 is 11.3 Å². The minimum atomic E-state index is -0.00329. The quantitative estimate of drug-likeness (QED) is 0.777. The molecule has 6 heteroatoms. The van der Waals surface area contributed by atoms with Gasteiger partial charge in [0, 0.05) is 31.5 Å². The van der Waals surface area contributed by atoms with E-state index in [9.17, 15) is 9.59 Å². The number of amides is 2. The van der Waals surface area contributed by atoms with Crippen LogP contribution in [0.5, 0.6) is 0 Å². The number of nitrogens with zero attached hydrogens (tertiary/aromatic N) is 2. The molecule has 1 aromatic carbocycles. The first kappa shape index (κ1) is 21.5. The van der Waals surface area contributed by atoms with Crippen molar-refractivity contribution in [2.75, 3.05) is 13.1 Å². The molecule has 1 aromatic heterocycles. The molecule has 2 amide bonds. The van der Waals surface area contributed by atoms with E-state index in [1.807, 2.05) is 36.9 Å². The number of aryl methyl sites for hydroxylation is 1. The third-order valence-corrected chi connectivity index (χ3v) is 6.90. The Morgan fingerprint density at radius 3 is 2.45 bits per heavy atom. The molecule has 1 fully saturated rings. The van der Waals surface area contributed by atoms with Gasteiger partial charge in [-0.2, -0.15) is 0 Å². The second kappa shape index (κ2) is 9.53. The lowest BCUT2D eigenvalue weighted by Gasteiger charge is -2.32. The minimum Gasteiger partial charge on any atom is -0.353 e. The zero-order chi connectivity index (χ0) is 21.0. The molecule has 0 spiro atoms. The van der Waals surface area contributed by atoms with Crippen LogP contribution in [0.1, 0.15) is 59.5 Å². The van der Waals surface area contributed by atoms with Crippen LogP contribution < -0.4 is 5.32 Å². The minimum absolute atomic E-state index is 0.00329. The van der Waals surface area contributed by atoms with Gasteiger partial charge in [0.2, 0.25) is 5.91 Å². The van der Waals surface area contributed by atoms with Gasteiger partial charge in [0.15, 0.2) is 0 Å². The Bertz CT molecular complexity index is 839. The number of benzene rings is 1. The van der Waals surface area contributed by atoms with Gasteiger partial charge in [-0.15, -0.1) is 11.3 Å². The van der Waals surface area contributed by atoms with Crippen molar-refractivity contribution in [1.29, 1.82) is 0 Å². The number of piperidine rings is 1. The van der Waals surface area contributed by atoms with Crippen molar-refractivity contribution in [3.8, 4) is 0 Å². The Labute approximate surface area is 177 Å². The summed E-state index contributed by atoms with van der Waals surface area (Å²) < 4.78 is 0. The van der Waals surface area contributed by atoms with Gasteiger partial charge in [-0.3, -0.25) is 9.59 Å². The van der Waals surface area contributed by atoms with Crippen molar-refractivity contribution in [3.63, 3.8) is 0 Å². The fourth-order valence-electron chi connectivity index (χ4n) is 3.49. The predicted molar refractivity (Wildman–Crippen MR) is 117 cm³/mol. The van der Waals surface area contributed by atoms with E-state index in [-0.39, 0.29) is 23.8 Å². The molecule has 0 unspecified atom stereocenters. The molecule has 0 saturated carbocycles. The van der Waals surface area contributed by atoms with Gasteiger partial charge in [-0.25, -0.2) is 4.98 Å². The van der Waals surface area contributed by atoms with Crippen molar-refractivity contribution < 1.29 is 9.59 Å². The maximum Gasteiger partial charge on any atom is 0.265 e. The Hall–Kier alpha value is -2.21. The molecular formula is C23H31N3O2S. The van der Waals surface area contributed by atoms with Gasteiger partial charge < -0.3 is 10.2 Å². The average molecular weight is 414 g/mol. The third kappa shape index (κ3) is 5.44. The summed E-state index contributed by atoms with van der Waals surface area (Å²) in [6, 6.07) is 10.4. The zero-order valence-electron chi connectivity index (χ0n) is 17.8. The van der Waals surface area contributed by atoms with Crippen LogP contribution in [0, 0.1) is 18.8 Å². The van der Waals surface area contributed by atoms with E-state index in [4.69, 9.17) is 0 Å². The number of likely N-dealkylation sites (tertiary alicyclic amines) is 1. The topological polar surface area (TPSA) is 62.3 Å². The summed E-state index contributed by atoms with van der Waals surface area (Å²) in [5, 5.41) is 4.08. The molecule has 1 atom stereocenters. The maximum atomic E-state index is 13.0. The molecule has 1 saturated heterocycles. The molecule has 2 aromatic rings. The number of rotatable bonds is 6. The van der Waals surface area contributed by atoms with Gasteiger partial charge in [0.05, 0.1) is 10.7 Å². The van der Waals surface area contributed by atoms with E-state index in [1.165, 1.54) is 16.9 Å². The molecule has 0 bridgehead atoms. The number of carbonyl (C=O) groups is 2. The number of carbonyl (C=O) groups excluding carboxylic acids is 2. The Balaban J connectivity index is 1.57. The first-order valence-electron chi connectivity index (χ1n) is 10.4. The summed E-state index contributed by atoms with van der Waals surface area (Å²) in [4.78, 5) is 32.7. The largest absolute Gasteiger partial charge is 0.353 e. The second-order valence-electron chi connectivity index (χ2n) is 8.29. The predicted octanol–water partition coefficient (Wildman–Crippen LogP) is 4.06. The van der Waals surface area contributed by atoms with Crippen LogP contribution in [-0.2, 0) is 11.2 Å². The van der Waals surface area contributed by atoms with Crippen LogP contribution in [0.15, 0.2) is 30.3 Å². The molecule has 1 aliphatic heterocycles. The van der Waals surface area contributed by atoms with Crippen molar-refractivity contribution >= 4 is 23.2 Å². The van der Waals surface area contributed by atoms with Gasteiger partial charge in [-0.05, 0) is 38.2 Å². The number of aromatic nitrogens is 1. The van der Waals surface area contributed by atoms with E-state index in [0.717, 1.165) is 34.8 Å². The van der Waals surface area contributed by atoms with Crippen molar-refractivity contribution in [1.82, 2.24) is 15.2 Å². The molecule has 3 rings (SSSR count). The Morgan fingerprint density at radius 2 is 1.83 bits per heavy atom. The highest BCUT2D eigenvalue weighted by molar-refractivity contribution is 7.13. The van der Waals surface area contributed by atoms with Crippen molar-refractivity contribution in [3.05, 3.63) is 51.5 Å². The first-order valence-corrected chi connectivity index (χ1v) is 11.3. The maximum absolute atomic E-state index is 13.0. The Morgan fingerprint density at radius 1 is 1.17 bits per heavy atom. The van der Waals surface area contributed by atoms with Crippen molar-refractivity contribution in [2.45, 2.75) is 53.0 Å². The highest BCUT2D eigenvalue weighted by Crippen LogP contribution is 2.25. The SMILES string of the molecule is Cc1nc(Cc2ccccc2)sc1C(=O)N1CCC(C(=O)N[C@@H](C)C(C)C)CC1. The smallest absolute Gasteiger partial charge is 0.265 e. The summed E-state index contributed by atoms with van der Waals surface area (Å²) >= 11 is 1.49. The van der Waals surface area contributed by atoms with E-state index in [1.54, 1.807) is 0 Å². The molecule has 0 aliphatic carbocycles. The molecule has 1 N–H and O–H groups in total. The first-order chi connectivity index (χ1) is 13.8. The van der Waals surface area contributed by atoms with Gasteiger partial charge in [0.25, 0.3) is 5.91 Å². The van der Waals surface area contributed by atoms with Crippen LogP contribution in [-0.4, -0.2) is 40.8 Å². The van der Waals surface area contributed by atoms with Gasteiger partial charge in [-0.1, -0.05) is 44.2 Å². The number of hydrogen-bond donors (Lipinski definition) is 1.